The second-order valence-electron chi connectivity index (χ2n) is 6.52. The zero-order valence-electron chi connectivity index (χ0n) is 16.0. The summed E-state index contributed by atoms with van der Waals surface area (Å²) in [7, 11) is 1.60. The average molecular weight is 412 g/mol. The van der Waals surface area contributed by atoms with Gasteiger partial charge in [0.25, 0.3) is 0 Å². The molecule has 0 bridgehead atoms. The van der Waals surface area contributed by atoms with Crippen LogP contribution >= 0.6 is 12.2 Å². The molecule has 1 aromatic heterocycles. The first kappa shape index (κ1) is 19.2. The van der Waals surface area contributed by atoms with Gasteiger partial charge in [0, 0.05) is 23.7 Å². The van der Waals surface area contributed by atoms with Crippen LogP contribution in [0.15, 0.2) is 40.9 Å². The van der Waals surface area contributed by atoms with Gasteiger partial charge in [0.05, 0.1) is 13.7 Å². The van der Waals surface area contributed by atoms with Crippen molar-refractivity contribution in [3.63, 3.8) is 0 Å². The van der Waals surface area contributed by atoms with Crippen molar-refractivity contribution in [1.82, 2.24) is 10.1 Å². The average Bonchev–Trinajstić information content (AvgIpc) is 3.17. The Balaban J connectivity index is 1.61. The first-order valence-electron chi connectivity index (χ1n) is 8.93. The quantitative estimate of drug-likeness (QED) is 0.590. The van der Waals surface area contributed by atoms with Gasteiger partial charge in [-0.2, -0.15) is 4.98 Å². The molecule has 150 valence electrons. The summed E-state index contributed by atoms with van der Waals surface area (Å²) in [4.78, 5) is 4.54. The minimum Gasteiger partial charge on any atom is -0.493 e. The molecule has 3 N–H and O–H groups in total. The highest BCUT2D eigenvalue weighted by molar-refractivity contribution is 7.80. The Bertz CT molecular complexity index is 1020. The highest BCUT2D eigenvalue weighted by atomic mass is 32.1. The van der Waals surface area contributed by atoms with Gasteiger partial charge in [-0.1, -0.05) is 17.4 Å². The molecule has 0 amide bonds. The molecule has 2 heterocycles. The lowest BCUT2D eigenvalue weighted by molar-refractivity contribution is -0.0180. The summed E-state index contributed by atoms with van der Waals surface area (Å²) in [5.74, 6) is 2.36. The van der Waals surface area contributed by atoms with Crippen molar-refractivity contribution in [1.29, 1.82) is 0 Å². The van der Waals surface area contributed by atoms with E-state index in [1.807, 2.05) is 36.4 Å². The van der Waals surface area contributed by atoms with Gasteiger partial charge in [-0.3, -0.25) is 0 Å². The molecule has 0 radical (unpaired) electrons. The van der Waals surface area contributed by atoms with Crippen LogP contribution in [0.25, 0.3) is 11.4 Å². The number of ether oxygens (including phenoxy) is 3. The first-order valence-corrected chi connectivity index (χ1v) is 9.34. The summed E-state index contributed by atoms with van der Waals surface area (Å²) in [6.45, 7) is 2.39. The van der Waals surface area contributed by atoms with Gasteiger partial charge in [-0.05, 0) is 42.0 Å². The summed E-state index contributed by atoms with van der Waals surface area (Å²) in [5.41, 5.74) is 9.48. The van der Waals surface area contributed by atoms with Crippen molar-refractivity contribution in [2.24, 2.45) is 5.73 Å². The lowest BCUT2D eigenvalue weighted by Crippen LogP contribution is -2.26. The molecule has 0 aliphatic carbocycles. The van der Waals surface area contributed by atoms with Gasteiger partial charge in [0.15, 0.2) is 18.3 Å². The molecule has 1 aliphatic heterocycles. The SMILES string of the molecule is COc1cc(C(Nc2ccc(-c3noc(C)n3)cc2)C(N)=S)cc2c1OCOC2. The molecule has 0 saturated carbocycles. The molecule has 0 saturated heterocycles. The Kier molecular flexibility index (Phi) is 5.32. The molecule has 9 heteroatoms. The number of aryl methyl sites for hydroxylation is 1. The van der Waals surface area contributed by atoms with E-state index in [2.05, 4.69) is 15.5 Å². The molecule has 0 spiro atoms. The van der Waals surface area contributed by atoms with Crippen LogP contribution in [-0.4, -0.2) is 29.0 Å². The van der Waals surface area contributed by atoms with Crippen molar-refractivity contribution in [3.8, 4) is 22.9 Å². The Labute approximate surface area is 173 Å². The maximum absolute atomic E-state index is 6.04. The number of fused-ring (bicyclic) bond motifs is 1. The van der Waals surface area contributed by atoms with Gasteiger partial charge in [-0.25, -0.2) is 0 Å². The minimum atomic E-state index is -0.399. The fraction of sp³-hybridized carbons (Fsp3) is 0.250. The number of hydrogen-bond acceptors (Lipinski definition) is 8. The van der Waals surface area contributed by atoms with Gasteiger partial charge >= 0.3 is 0 Å². The molecule has 2 aromatic carbocycles. The van der Waals surface area contributed by atoms with E-state index < -0.39 is 6.04 Å². The number of thiocarbonyl (C=S) groups is 1. The smallest absolute Gasteiger partial charge is 0.223 e. The normalized spacial score (nSPS) is 13.9. The van der Waals surface area contributed by atoms with Crippen molar-refractivity contribution in [2.75, 3.05) is 19.2 Å². The number of aromatic nitrogens is 2. The summed E-state index contributed by atoms with van der Waals surface area (Å²) in [6.07, 6.45) is 0. The summed E-state index contributed by atoms with van der Waals surface area (Å²) in [6, 6.07) is 11.1. The van der Waals surface area contributed by atoms with E-state index >= 15 is 0 Å². The molecule has 29 heavy (non-hydrogen) atoms. The topological polar surface area (TPSA) is 105 Å². The highest BCUT2D eigenvalue weighted by Crippen LogP contribution is 2.38. The third-order valence-electron chi connectivity index (χ3n) is 4.52. The Hall–Kier alpha value is -3.17. The third-order valence-corrected chi connectivity index (χ3v) is 4.75. The molecular formula is C20H20N4O4S. The number of benzene rings is 2. The monoisotopic (exact) mass is 412 g/mol. The largest absolute Gasteiger partial charge is 0.493 e. The van der Waals surface area contributed by atoms with Gasteiger partial charge < -0.3 is 29.8 Å². The lowest BCUT2D eigenvalue weighted by Gasteiger charge is -2.24. The fourth-order valence-corrected chi connectivity index (χ4v) is 3.34. The summed E-state index contributed by atoms with van der Waals surface area (Å²) < 4.78 is 21.5. The van der Waals surface area contributed by atoms with E-state index in [1.54, 1.807) is 14.0 Å². The molecule has 1 atom stereocenters. The predicted molar refractivity (Wildman–Crippen MR) is 111 cm³/mol. The first-order chi connectivity index (χ1) is 14.0. The minimum absolute atomic E-state index is 0.200. The number of hydrogen-bond donors (Lipinski definition) is 2. The zero-order valence-corrected chi connectivity index (χ0v) is 16.8. The van der Waals surface area contributed by atoms with Crippen molar-refractivity contribution in [3.05, 3.63) is 53.4 Å². The second-order valence-corrected chi connectivity index (χ2v) is 6.99. The summed E-state index contributed by atoms with van der Waals surface area (Å²) in [5, 5.41) is 7.30. The van der Waals surface area contributed by atoms with Gasteiger partial charge in [-0.15, -0.1) is 0 Å². The Morgan fingerprint density at radius 2 is 2.07 bits per heavy atom. The van der Waals surface area contributed by atoms with Crippen LogP contribution in [0.5, 0.6) is 11.5 Å². The van der Waals surface area contributed by atoms with Crippen LogP contribution in [0, 0.1) is 6.92 Å². The van der Waals surface area contributed by atoms with Crippen molar-refractivity contribution >= 4 is 22.9 Å². The fourth-order valence-electron chi connectivity index (χ4n) is 3.14. The molecule has 0 fully saturated rings. The molecule has 1 aliphatic rings. The molecular weight excluding hydrogens is 392 g/mol. The maximum Gasteiger partial charge on any atom is 0.223 e. The summed E-state index contributed by atoms with van der Waals surface area (Å²) >= 11 is 5.32. The lowest BCUT2D eigenvalue weighted by atomic mass is 10.0. The van der Waals surface area contributed by atoms with Crippen LogP contribution in [-0.2, 0) is 11.3 Å². The number of nitrogens with one attached hydrogen (secondary N) is 1. The van der Waals surface area contributed by atoms with Crippen LogP contribution < -0.4 is 20.5 Å². The van der Waals surface area contributed by atoms with Crippen LogP contribution in [0.4, 0.5) is 5.69 Å². The van der Waals surface area contributed by atoms with Crippen LogP contribution in [0.1, 0.15) is 23.1 Å². The van der Waals surface area contributed by atoms with Crippen molar-refractivity contribution in [2.45, 2.75) is 19.6 Å². The van der Waals surface area contributed by atoms with E-state index in [-0.39, 0.29) is 6.79 Å². The predicted octanol–water partition coefficient (Wildman–Crippen LogP) is 3.36. The van der Waals surface area contributed by atoms with Crippen LogP contribution in [0.2, 0.25) is 0 Å². The number of nitrogens with zero attached hydrogens (tertiary/aromatic N) is 2. The molecule has 4 rings (SSSR count). The van der Waals surface area contributed by atoms with E-state index in [0.29, 0.717) is 34.8 Å². The number of nitrogens with two attached hydrogens (primary N) is 1. The zero-order chi connectivity index (χ0) is 20.4. The third kappa shape index (κ3) is 4.01. The van der Waals surface area contributed by atoms with Gasteiger partial charge in [0.2, 0.25) is 11.7 Å². The van der Waals surface area contributed by atoms with E-state index in [1.165, 1.54) is 0 Å². The molecule has 1 unspecified atom stereocenters. The van der Waals surface area contributed by atoms with E-state index in [0.717, 1.165) is 22.4 Å². The van der Waals surface area contributed by atoms with E-state index in [4.69, 9.17) is 36.7 Å². The van der Waals surface area contributed by atoms with E-state index in [9.17, 15) is 0 Å². The van der Waals surface area contributed by atoms with Gasteiger partial charge in [0.1, 0.15) is 11.0 Å². The van der Waals surface area contributed by atoms with Crippen LogP contribution in [0.3, 0.4) is 0 Å². The molecule has 8 nitrogen and oxygen atoms in total. The number of anilines is 1. The highest BCUT2D eigenvalue weighted by Gasteiger charge is 2.22. The standard InChI is InChI=1S/C20H20N4O4S/c1-11-22-20(24-28-11)12-3-5-15(6-4-12)23-17(19(21)29)13-7-14-9-26-10-27-18(14)16(8-13)25-2/h3-8,17,23H,9-10H2,1-2H3,(H2,21,29). The number of rotatable bonds is 6. The second kappa shape index (κ2) is 8.06. The Morgan fingerprint density at radius 3 is 2.72 bits per heavy atom. The van der Waals surface area contributed by atoms with Crippen molar-refractivity contribution < 1.29 is 18.7 Å². The molecule has 3 aromatic rings. The maximum atomic E-state index is 6.04. The Morgan fingerprint density at radius 1 is 1.28 bits per heavy atom. The number of methoxy groups -OCH3 is 1.